The van der Waals surface area contributed by atoms with Crippen molar-refractivity contribution in [3.63, 3.8) is 0 Å². The number of rotatable bonds is 4. The van der Waals surface area contributed by atoms with Gasteiger partial charge in [-0.1, -0.05) is 24.6 Å². The largest absolute Gasteiger partial charge is 0.338 e. The van der Waals surface area contributed by atoms with Gasteiger partial charge in [0.05, 0.1) is 0 Å². The summed E-state index contributed by atoms with van der Waals surface area (Å²) in [4.78, 5) is 27.8. The van der Waals surface area contributed by atoms with Gasteiger partial charge in [0.2, 0.25) is 5.91 Å². The molecule has 0 radical (unpaired) electrons. The molecular weight excluding hydrogens is 272 g/mol. The summed E-state index contributed by atoms with van der Waals surface area (Å²) in [6.07, 6.45) is 5.43. The molecule has 5 heteroatoms. The molecule has 20 heavy (non-hydrogen) atoms. The van der Waals surface area contributed by atoms with Crippen molar-refractivity contribution in [3.05, 3.63) is 0 Å². The predicted molar refractivity (Wildman–Crippen MR) is 82.7 cm³/mol. The highest BCUT2D eigenvalue weighted by Crippen LogP contribution is 2.31. The van der Waals surface area contributed by atoms with Crippen LogP contribution in [0.25, 0.3) is 0 Å². The number of nitrogens with zero attached hydrogens (tertiary/aromatic N) is 2. The van der Waals surface area contributed by atoms with Gasteiger partial charge in [0.15, 0.2) is 5.12 Å². The predicted octanol–water partition coefficient (Wildman–Crippen LogP) is 1.99. The lowest BCUT2D eigenvalue weighted by Gasteiger charge is -2.41. The zero-order chi connectivity index (χ0) is 14.7. The number of hydrogen-bond donors (Lipinski definition) is 0. The molecule has 1 amide bonds. The fourth-order valence-corrected chi connectivity index (χ4v) is 4.23. The molecule has 1 aliphatic heterocycles. The second-order valence-corrected chi connectivity index (χ2v) is 7.50. The topological polar surface area (TPSA) is 40.6 Å². The molecular formula is C15H26N2O2S. The number of carbonyl (C=O) groups is 2. The Kier molecular flexibility index (Phi) is 5.49. The molecule has 2 fully saturated rings. The van der Waals surface area contributed by atoms with Crippen LogP contribution in [0.2, 0.25) is 0 Å². The first-order valence-corrected chi connectivity index (χ1v) is 8.57. The maximum absolute atomic E-state index is 12.3. The summed E-state index contributed by atoms with van der Waals surface area (Å²) in [6.45, 7) is 2.44. The molecule has 1 saturated carbocycles. The highest BCUT2D eigenvalue weighted by Gasteiger charge is 2.39. The quantitative estimate of drug-likeness (QED) is 0.796. The minimum atomic E-state index is 0.153. The second kappa shape index (κ2) is 6.94. The van der Waals surface area contributed by atoms with E-state index in [2.05, 4.69) is 23.9 Å². The summed E-state index contributed by atoms with van der Waals surface area (Å²) in [7, 11) is 4.24. The van der Waals surface area contributed by atoms with Gasteiger partial charge in [-0.05, 0) is 32.9 Å². The Balaban J connectivity index is 1.97. The van der Waals surface area contributed by atoms with Crippen LogP contribution >= 0.6 is 11.8 Å². The molecule has 0 spiro atoms. The van der Waals surface area contributed by atoms with Gasteiger partial charge in [0.25, 0.3) is 0 Å². The molecule has 2 rings (SSSR count). The van der Waals surface area contributed by atoms with Crippen LogP contribution in [0.3, 0.4) is 0 Å². The Morgan fingerprint density at radius 2 is 2.05 bits per heavy atom. The summed E-state index contributed by atoms with van der Waals surface area (Å²) in [5.74, 6) is 1.43. The number of thioether (sulfide) groups is 1. The third-order valence-corrected chi connectivity index (χ3v) is 5.56. The standard InChI is InChI=1S/C15H26N2O2S/c1-11(18)20-10-12-8-15(19)17(9-12)14-7-5-4-6-13(14)16(2)3/h12-14H,4-10H2,1-3H3/t12?,13-,14-/m0/s1. The zero-order valence-electron chi connectivity index (χ0n) is 12.8. The van der Waals surface area contributed by atoms with Gasteiger partial charge < -0.3 is 9.80 Å². The summed E-state index contributed by atoms with van der Waals surface area (Å²) < 4.78 is 0. The smallest absolute Gasteiger partial charge is 0.223 e. The molecule has 0 N–H and O–H groups in total. The van der Waals surface area contributed by atoms with Crippen molar-refractivity contribution in [2.45, 2.75) is 51.1 Å². The van der Waals surface area contributed by atoms with Gasteiger partial charge in [-0.15, -0.1) is 0 Å². The third kappa shape index (κ3) is 3.76. The average molecular weight is 298 g/mol. The Hall–Kier alpha value is -0.550. The van der Waals surface area contributed by atoms with E-state index in [9.17, 15) is 9.59 Å². The number of hydrogen-bond acceptors (Lipinski definition) is 4. The number of likely N-dealkylation sites (tertiary alicyclic amines) is 1. The monoisotopic (exact) mass is 298 g/mol. The molecule has 3 atom stereocenters. The van der Waals surface area contributed by atoms with Crippen molar-refractivity contribution >= 4 is 22.8 Å². The molecule has 114 valence electrons. The summed E-state index contributed by atoms with van der Waals surface area (Å²) in [5, 5.41) is 0.153. The van der Waals surface area contributed by atoms with E-state index in [1.807, 2.05) is 0 Å². The summed E-state index contributed by atoms with van der Waals surface area (Å²) in [5.41, 5.74) is 0. The Morgan fingerprint density at radius 1 is 1.35 bits per heavy atom. The minimum Gasteiger partial charge on any atom is -0.338 e. The van der Waals surface area contributed by atoms with Crippen molar-refractivity contribution in [2.24, 2.45) is 5.92 Å². The molecule has 0 aromatic rings. The van der Waals surface area contributed by atoms with Crippen LogP contribution < -0.4 is 0 Å². The molecule has 1 unspecified atom stereocenters. The number of likely N-dealkylation sites (N-methyl/N-ethyl adjacent to an activating group) is 1. The van der Waals surface area contributed by atoms with E-state index in [1.54, 1.807) is 6.92 Å². The second-order valence-electron chi connectivity index (χ2n) is 6.30. The van der Waals surface area contributed by atoms with Gasteiger partial charge >= 0.3 is 0 Å². The van der Waals surface area contributed by atoms with Crippen molar-refractivity contribution in [1.29, 1.82) is 0 Å². The van der Waals surface area contributed by atoms with Gasteiger partial charge in [-0.3, -0.25) is 9.59 Å². The molecule has 1 saturated heterocycles. The Morgan fingerprint density at radius 3 is 2.70 bits per heavy atom. The van der Waals surface area contributed by atoms with Crippen molar-refractivity contribution < 1.29 is 9.59 Å². The first kappa shape index (κ1) is 15.8. The Labute approximate surface area is 126 Å². The number of amides is 1. The molecule has 0 aromatic heterocycles. The first-order valence-electron chi connectivity index (χ1n) is 7.58. The number of carbonyl (C=O) groups excluding carboxylic acids is 2. The van der Waals surface area contributed by atoms with Crippen LogP contribution in [0.5, 0.6) is 0 Å². The van der Waals surface area contributed by atoms with E-state index < -0.39 is 0 Å². The molecule has 0 aromatic carbocycles. The van der Waals surface area contributed by atoms with Crippen LogP contribution in [-0.2, 0) is 9.59 Å². The maximum atomic E-state index is 12.3. The van der Waals surface area contributed by atoms with Crippen molar-refractivity contribution in [3.8, 4) is 0 Å². The maximum Gasteiger partial charge on any atom is 0.223 e. The Bertz CT molecular complexity index is 373. The van der Waals surface area contributed by atoms with Gasteiger partial charge in [-0.25, -0.2) is 0 Å². The lowest BCUT2D eigenvalue weighted by atomic mass is 9.88. The van der Waals surface area contributed by atoms with E-state index in [0.29, 0.717) is 24.4 Å². The van der Waals surface area contributed by atoms with Gasteiger partial charge in [0, 0.05) is 37.7 Å². The van der Waals surface area contributed by atoms with E-state index in [-0.39, 0.29) is 11.0 Å². The highest BCUT2D eigenvalue weighted by molar-refractivity contribution is 8.13. The van der Waals surface area contributed by atoms with Gasteiger partial charge in [0.1, 0.15) is 0 Å². The van der Waals surface area contributed by atoms with Gasteiger partial charge in [-0.2, -0.15) is 0 Å². The molecule has 4 nitrogen and oxygen atoms in total. The van der Waals surface area contributed by atoms with Crippen LogP contribution in [-0.4, -0.2) is 59.3 Å². The average Bonchev–Trinajstić information content (AvgIpc) is 2.77. The lowest BCUT2D eigenvalue weighted by Crippen LogP contribution is -2.51. The van der Waals surface area contributed by atoms with E-state index >= 15 is 0 Å². The first-order chi connectivity index (χ1) is 9.49. The van der Waals surface area contributed by atoms with Crippen LogP contribution in [0.15, 0.2) is 0 Å². The summed E-state index contributed by atoms with van der Waals surface area (Å²) in [6, 6.07) is 0.866. The highest BCUT2D eigenvalue weighted by atomic mass is 32.2. The minimum absolute atomic E-state index is 0.153. The van der Waals surface area contributed by atoms with Crippen molar-refractivity contribution in [1.82, 2.24) is 9.80 Å². The molecule has 0 bridgehead atoms. The third-order valence-electron chi connectivity index (χ3n) is 4.52. The molecule has 1 heterocycles. The SMILES string of the molecule is CC(=O)SCC1CC(=O)N([C@H]2CCCC[C@@H]2N(C)C)C1. The van der Waals surface area contributed by atoms with Crippen LogP contribution in [0, 0.1) is 5.92 Å². The normalized spacial score (nSPS) is 31.1. The fourth-order valence-electron chi connectivity index (χ4n) is 3.53. The van der Waals surface area contributed by atoms with Crippen LogP contribution in [0.4, 0.5) is 0 Å². The lowest BCUT2D eigenvalue weighted by molar-refractivity contribution is -0.131. The molecule has 2 aliphatic rings. The van der Waals surface area contributed by atoms with Crippen LogP contribution in [0.1, 0.15) is 39.0 Å². The van der Waals surface area contributed by atoms with Crippen molar-refractivity contribution in [2.75, 3.05) is 26.4 Å². The zero-order valence-corrected chi connectivity index (χ0v) is 13.6. The fraction of sp³-hybridized carbons (Fsp3) is 0.867. The van der Waals surface area contributed by atoms with E-state index in [1.165, 1.54) is 31.0 Å². The van der Waals surface area contributed by atoms with E-state index in [0.717, 1.165) is 18.7 Å². The molecule has 1 aliphatic carbocycles. The summed E-state index contributed by atoms with van der Waals surface area (Å²) >= 11 is 1.36. The van der Waals surface area contributed by atoms with E-state index in [4.69, 9.17) is 0 Å².